The molecule has 0 spiro atoms. The van der Waals surface area contributed by atoms with E-state index in [4.69, 9.17) is 34.8 Å². The quantitative estimate of drug-likeness (QED) is 0.561. The summed E-state index contributed by atoms with van der Waals surface area (Å²) in [6.45, 7) is 0.392. The van der Waals surface area contributed by atoms with Crippen molar-refractivity contribution in [2.45, 2.75) is 6.54 Å². The second-order valence-corrected chi connectivity index (χ2v) is 5.78. The summed E-state index contributed by atoms with van der Waals surface area (Å²) in [6.07, 6.45) is 1.86. The van der Waals surface area contributed by atoms with Crippen LogP contribution in [0.15, 0.2) is 42.6 Å². The van der Waals surface area contributed by atoms with E-state index in [0.29, 0.717) is 27.2 Å². The van der Waals surface area contributed by atoms with E-state index in [9.17, 15) is 4.39 Å². The summed E-state index contributed by atoms with van der Waals surface area (Å²) < 4.78 is 15.8. The first-order chi connectivity index (χ1) is 9.54. The Kier molecular flexibility index (Phi) is 3.63. The summed E-state index contributed by atoms with van der Waals surface area (Å²) in [5, 5.41) is 2.42. The molecule has 0 aliphatic heterocycles. The lowest BCUT2D eigenvalue weighted by Gasteiger charge is -2.08. The molecular formula is C15H9Cl3FN. The maximum absolute atomic E-state index is 13.9. The molecule has 0 aliphatic carbocycles. The number of hydrogen-bond acceptors (Lipinski definition) is 0. The Morgan fingerprint density at radius 1 is 0.950 bits per heavy atom. The Hall–Kier alpha value is -1.22. The van der Waals surface area contributed by atoms with Crippen molar-refractivity contribution in [3.8, 4) is 0 Å². The van der Waals surface area contributed by atoms with Gasteiger partial charge in [-0.2, -0.15) is 0 Å². The second kappa shape index (κ2) is 5.28. The van der Waals surface area contributed by atoms with Crippen LogP contribution in [-0.2, 0) is 6.54 Å². The van der Waals surface area contributed by atoms with E-state index in [0.717, 1.165) is 10.9 Å². The molecule has 20 heavy (non-hydrogen) atoms. The molecule has 0 bridgehead atoms. The number of fused-ring (bicyclic) bond motifs is 1. The molecule has 1 nitrogen and oxygen atoms in total. The van der Waals surface area contributed by atoms with Gasteiger partial charge in [0.15, 0.2) is 0 Å². The van der Waals surface area contributed by atoms with E-state index in [-0.39, 0.29) is 5.82 Å². The molecule has 0 amide bonds. The summed E-state index contributed by atoms with van der Waals surface area (Å²) in [7, 11) is 0. The molecule has 0 radical (unpaired) electrons. The minimum absolute atomic E-state index is 0.326. The van der Waals surface area contributed by atoms with Crippen molar-refractivity contribution in [3.63, 3.8) is 0 Å². The first-order valence-electron chi connectivity index (χ1n) is 5.92. The minimum Gasteiger partial charge on any atom is -0.343 e. The number of benzene rings is 2. The van der Waals surface area contributed by atoms with E-state index in [1.807, 2.05) is 22.9 Å². The third-order valence-electron chi connectivity index (χ3n) is 3.16. The lowest BCUT2D eigenvalue weighted by atomic mass is 10.2. The molecule has 0 N–H and O–H groups in total. The predicted octanol–water partition coefficient (Wildman–Crippen LogP) is 5.79. The SMILES string of the molecule is Fc1cc(Cl)ccc1Cn1ccc2c(Cl)cc(Cl)cc21. The third-order valence-corrected chi connectivity index (χ3v) is 3.92. The summed E-state index contributed by atoms with van der Waals surface area (Å²) in [4.78, 5) is 0. The van der Waals surface area contributed by atoms with Crippen molar-refractivity contribution in [1.29, 1.82) is 0 Å². The standard InChI is InChI=1S/C15H9Cl3FN/c16-10-2-1-9(14(19)6-10)8-20-4-3-12-13(18)5-11(17)7-15(12)20/h1-7H,8H2. The van der Waals surface area contributed by atoms with Gasteiger partial charge in [-0.3, -0.25) is 0 Å². The normalized spacial score (nSPS) is 11.2. The number of nitrogens with zero attached hydrogens (tertiary/aromatic N) is 1. The Morgan fingerprint density at radius 2 is 1.75 bits per heavy atom. The number of aromatic nitrogens is 1. The van der Waals surface area contributed by atoms with Crippen LogP contribution in [0.5, 0.6) is 0 Å². The average Bonchev–Trinajstić information content (AvgIpc) is 2.76. The number of hydrogen-bond donors (Lipinski definition) is 0. The summed E-state index contributed by atoms with van der Waals surface area (Å²) in [6, 6.07) is 10.1. The summed E-state index contributed by atoms with van der Waals surface area (Å²) in [5.41, 5.74) is 1.43. The van der Waals surface area contributed by atoms with Crippen LogP contribution in [0.4, 0.5) is 4.39 Å². The minimum atomic E-state index is -0.326. The highest BCUT2D eigenvalue weighted by atomic mass is 35.5. The fourth-order valence-corrected chi connectivity index (χ4v) is 2.89. The Bertz CT molecular complexity index is 795. The van der Waals surface area contributed by atoms with Gasteiger partial charge in [0.1, 0.15) is 5.82 Å². The van der Waals surface area contributed by atoms with E-state index < -0.39 is 0 Å². The first kappa shape index (κ1) is 13.7. The molecule has 5 heteroatoms. The predicted molar refractivity (Wildman–Crippen MR) is 82.5 cm³/mol. The molecule has 0 aliphatic rings. The molecule has 0 fully saturated rings. The maximum Gasteiger partial charge on any atom is 0.129 e. The first-order valence-corrected chi connectivity index (χ1v) is 7.06. The van der Waals surface area contributed by atoms with Crippen LogP contribution in [0.2, 0.25) is 15.1 Å². The highest BCUT2D eigenvalue weighted by molar-refractivity contribution is 6.38. The van der Waals surface area contributed by atoms with Crippen LogP contribution in [0.25, 0.3) is 10.9 Å². The van der Waals surface area contributed by atoms with Crippen molar-refractivity contribution in [1.82, 2.24) is 4.57 Å². The van der Waals surface area contributed by atoms with Crippen LogP contribution >= 0.6 is 34.8 Å². The van der Waals surface area contributed by atoms with Crippen LogP contribution in [0.1, 0.15) is 5.56 Å². The average molecular weight is 329 g/mol. The van der Waals surface area contributed by atoms with Crippen molar-refractivity contribution < 1.29 is 4.39 Å². The molecule has 3 aromatic rings. The lowest BCUT2D eigenvalue weighted by Crippen LogP contribution is -2.00. The van der Waals surface area contributed by atoms with Crippen molar-refractivity contribution >= 4 is 45.7 Å². The van der Waals surface area contributed by atoms with E-state index >= 15 is 0 Å². The van der Waals surface area contributed by atoms with Gasteiger partial charge in [0.05, 0.1) is 17.1 Å². The van der Waals surface area contributed by atoms with E-state index in [1.54, 1.807) is 18.2 Å². The maximum atomic E-state index is 13.9. The topological polar surface area (TPSA) is 4.93 Å². The smallest absolute Gasteiger partial charge is 0.129 e. The zero-order valence-corrected chi connectivity index (χ0v) is 12.5. The fraction of sp³-hybridized carbons (Fsp3) is 0.0667. The van der Waals surface area contributed by atoms with Gasteiger partial charge in [0, 0.05) is 27.2 Å². The number of halogens is 4. The van der Waals surface area contributed by atoms with Gasteiger partial charge < -0.3 is 4.57 Å². The van der Waals surface area contributed by atoms with Crippen molar-refractivity contribution in [2.24, 2.45) is 0 Å². The van der Waals surface area contributed by atoms with Gasteiger partial charge in [0.25, 0.3) is 0 Å². The van der Waals surface area contributed by atoms with Gasteiger partial charge in [-0.15, -0.1) is 0 Å². The van der Waals surface area contributed by atoms with Gasteiger partial charge in [-0.05, 0) is 30.3 Å². The highest BCUT2D eigenvalue weighted by Gasteiger charge is 2.09. The summed E-state index contributed by atoms with van der Waals surface area (Å²) in [5.74, 6) is -0.326. The highest BCUT2D eigenvalue weighted by Crippen LogP contribution is 2.29. The lowest BCUT2D eigenvalue weighted by molar-refractivity contribution is 0.602. The molecule has 1 heterocycles. The van der Waals surface area contributed by atoms with Gasteiger partial charge in [-0.25, -0.2) is 4.39 Å². The van der Waals surface area contributed by atoms with Crippen molar-refractivity contribution in [3.05, 3.63) is 69.0 Å². The number of rotatable bonds is 2. The van der Waals surface area contributed by atoms with Crippen LogP contribution in [0, 0.1) is 5.82 Å². The molecule has 3 rings (SSSR count). The molecular weight excluding hydrogens is 320 g/mol. The van der Waals surface area contributed by atoms with Gasteiger partial charge in [-0.1, -0.05) is 40.9 Å². The van der Waals surface area contributed by atoms with E-state index in [1.165, 1.54) is 6.07 Å². The van der Waals surface area contributed by atoms with Gasteiger partial charge in [0.2, 0.25) is 0 Å². The zero-order chi connectivity index (χ0) is 14.3. The Morgan fingerprint density at radius 3 is 2.50 bits per heavy atom. The Labute approximate surface area is 130 Å². The molecule has 0 saturated heterocycles. The van der Waals surface area contributed by atoms with Crippen molar-refractivity contribution in [2.75, 3.05) is 0 Å². The third kappa shape index (κ3) is 2.51. The largest absolute Gasteiger partial charge is 0.343 e. The van der Waals surface area contributed by atoms with E-state index in [2.05, 4.69) is 0 Å². The molecule has 1 aromatic heterocycles. The van der Waals surface area contributed by atoms with Gasteiger partial charge >= 0.3 is 0 Å². The Balaban J connectivity index is 2.07. The molecule has 0 saturated carbocycles. The summed E-state index contributed by atoms with van der Waals surface area (Å²) >= 11 is 17.9. The molecule has 0 atom stereocenters. The fourth-order valence-electron chi connectivity index (χ4n) is 2.19. The monoisotopic (exact) mass is 327 g/mol. The van der Waals surface area contributed by atoms with Crippen LogP contribution in [0.3, 0.4) is 0 Å². The zero-order valence-electron chi connectivity index (χ0n) is 10.2. The van der Waals surface area contributed by atoms with Crippen LogP contribution < -0.4 is 0 Å². The van der Waals surface area contributed by atoms with Crippen LogP contribution in [-0.4, -0.2) is 4.57 Å². The second-order valence-electron chi connectivity index (χ2n) is 4.50. The molecule has 2 aromatic carbocycles. The molecule has 102 valence electrons. The molecule has 0 unspecified atom stereocenters.